The molecule has 0 heterocycles. The summed E-state index contributed by atoms with van der Waals surface area (Å²) in [5, 5.41) is 10.5. The van der Waals surface area contributed by atoms with E-state index in [9.17, 15) is 9.90 Å². The first kappa shape index (κ1) is 18.3. The van der Waals surface area contributed by atoms with Gasteiger partial charge < -0.3 is 5.11 Å². The number of hydrogen-bond donors (Lipinski definition) is 1. The molecule has 0 saturated carbocycles. The fourth-order valence-electron chi connectivity index (χ4n) is 3.12. The van der Waals surface area contributed by atoms with Crippen molar-refractivity contribution < 1.29 is 9.90 Å². The highest BCUT2D eigenvalue weighted by Crippen LogP contribution is 2.36. The molecule has 1 atom stereocenters. The lowest BCUT2D eigenvalue weighted by molar-refractivity contribution is -0.115. The number of carbonyl (C=O) groups excluding carboxylic acids is 1. The van der Waals surface area contributed by atoms with Crippen molar-refractivity contribution in [2.45, 2.75) is 31.1 Å². The number of thioether (sulfide) groups is 1. The predicted molar refractivity (Wildman–Crippen MR) is 108 cm³/mol. The standard InChI is InChI=1S/C21H21BrO2S/c1-14-6-8-16(9-7-14)25-11-10-15-12-19(23)21(20(24)13-15)17-4-2-3-5-18(17)22/h2-9,15,23H,10-13H2,1H3. The monoisotopic (exact) mass is 416 g/mol. The van der Waals surface area contributed by atoms with Gasteiger partial charge in [-0.15, -0.1) is 11.8 Å². The van der Waals surface area contributed by atoms with E-state index >= 15 is 0 Å². The van der Waals surface area contributed by atoms with E-state index in [0.29, 0.717) is 18.4 Å². The topological polar surface area (TPSA) is 37.3 Å². The molecule has 2 aromatic rings. The highest BCUT2D eigenvalue weighted by atomic mass is 79.9. The molecule has 0 fully saturated rings. The molecule has 1 unspecified atom stereocenters. The Morgan fingerprint density at radius 1 is 1.12 bits per heavy atom. The summed E-state index contributed by atoms with van der Waals surface area (Å²) in [6.07, 6.45) is 2.02. The van der Waals surface area contributed by atoms with Gasteiger partial charge in [-0.3, -0.25) is 4.79 Å². The Balaban J connectivity index is 1.63. The summed E-state index contributed by atoms with van der Waals surface area (Å²) < 4.78 is 0.846. The number of hydrogen-bond acceptors (Lipinski definition) is 3. The van der Waals surface area contributed by atoms with Gasteiger partial charge in [-0.25, -0.2) is 0 Å². The zero-order valence-corrected chi connectivity index (χ0v) is 16.6. The SMILES string of the molecule is Cc1ccc(SCCC2CC(=O)C(c3ccccc3Br)=C(O)C2)cc1. The third-order valence-electron chi connectivity index (χ3n) is 4.48. The molecule has 0 aromatic heterocycles. The van der Waals surface area contributed by atoms with E-state index in [0.717, 1.165) is 22.2 Å². The number of benzene rings is 2. The number of aliphatic hydroxyl groups is 1. The van der Waals surface area contributed by atoms with Crippen LogP contribution in [0.2, 0.25) is 0 Å². The Bertz CT molecular complexity index is 796. The van der Waals surface area contributed by atoms with Gasteiger partial charge in [0, 0.05) is 27.8 Å². The summed E-state index contributed by atoms with van der Waals surface area (Å²) in [4.78, 5) is 13.8. The van der Waals surface area contributed by atoms with Crippen LogP contribution in [0.15, 0.2) is 63.7 Å². The average Bonchev–Trinajstić information content (AvgIpc) is 2.58. The molecule has 0 amide bonds. The van der Waals surface area contributed by atoms with Crippen LogP contribution >= 0.6 is 27.7 Å². The van der Waals surface area contributed by atoms with Crippen LogP contribution in [0.25, 0.3) is 5.57 Å². The number of rotatable bonds is 5. The lowest BCUT2D eigenvalue weighted by Crippen LogP contribution is -2.19. The maximum atomic E-state index is 12.6. The Kier molecular flexibility index (Phi) is 6.02. The minimum absolute atomic E-state index is 0.0426. The zero-order chi connectivity index (χ0) is 17.8. The van der Waals surface area contributed by atoms with Crippen LogP contribution in [0.4, 0.5) is 0 Å². The van der Waals surface area contributed by atoms with E-state index in [4.69, 9.17) is 0 Å². The van der Waals surface area contributed by atoms with E-state index in [1.165, 1.54) is 10.5 Å². The first-order valence-corrected chi connectivity index (χ1v) is 10.2. The third kappa shape index (κ3) is 4.56. The Labute approximate surface area is 161 Å². The van der Waals surface area contributed by atoms with Crippen molar-refractivity contribution in [3.05, 3.63) is 69.9 Å². The second-order valence-corrected chi connectivity index (χ2v) is 8.47. The second-order valence-electron chi connectivity index (χ2n) is 6.45. The number of carbonyl (C=O) groups is 1. The van der Waals surface area contributed by atoms with Gasteiger partial charge in [0.05, 0.1) is 5.57 Å². The van der Waals surface area contributed by atoms with E-state index in [1.807, 2.05) is 36.0 Å². The predicted octanol–water partition coefficient (Wildman–Crippen LogP) is 6.19. The quantitative estimate of drug-likeness (QED) is 0.590. The van der Waals surface area contributed by atoms with E-state index in [1.54, 1.807) is 0 Å². The number of aliphatic hydroxyl groups excluding tert-OH is 1. The van der Waals surface area contributed by atoms with Gasteiger partial charge in [0.1, 0.15) is 5.76 Å². The van der Waals surface area contributed by atoms with Gasteiger partial charge in [-0.1, -0.05) is 51.8 Å². The fraction of sp³-hybridized carbons (Fsp3) is 0.286. The lowest BCUT2D eigenvalue weighted by Gasteiger charge is -2.24. The minimum atomic E-state index is 0.0426. The highest BCUT2D eigenvalue weighted by Gasteiger charge is 2.29. The van der Waals surface area contributed by atoms with Crippen molar-refractivity contribution in [1.82, 2.24) is 0 Å². The first-order chi connectivity index (χ1) is 12.0. The summed E-state index contributed by atoms with van der Waals surface area (Å²) in [5.74, 6) is 1.45. The molecule has 2 nitrogen and oxygen atoms in total. The van der Waals surface area contributed by atoms with Crippen LogP contribution in [0.3, 0.4) is 0 Å². The number of halogens is 1. The van der Waals surface area contributed by atoms with E-state index in [2.05, 4.69) is 47.1 Å². The zero-order valence-electron chi connectivity index (χ0n) is 14.2. The molecule has 1 aliphatic carbocycles. The maximum Gasteiger partial charge on any atom is 0.167 e. The van der Waals surface area contributed by atoms with Crippen LogP contribution < -0.4 is 0 Å². The number of allylic oxidation sites excluding steroid dienone is 2. The molecular formula is C21H21BrO2S. The van der Waals surface area contributed by atoms with Gasteiger partial charge >= 0.3 is 0 Å². The molecular weight excluding hydrogens is 396 g/mol. The fourth-order valence-corrected chi connectivity index (χ4v) is 4.62. The van der Waals surface area contributed by atoms with Crippen molar-refractivity contribution in [2.75, 3.05) is 5.75 Å². The second kappa shape index (κ2) is 8.24. The molecule has 1 aliphatic rings. The highest BCUT2D eigenvalue weighted by molar-refractivity contribution is 9.10. The molecule has 4 heteroatoms. The summed E-state index contributed by atoms with van der Waals surface area (Å²) >= 11 is 5.28. The Morgan fingerprint density at radius 3 is 2.52 bits per heavy atom. The average molecular weight is 417 g/mol. The summed E-state index contributed by atoms with van der Waals surface area (Å²) in [6, 6.07) is 16.1. The van der Waals surface area contributed by atoms with Gasteiger partial charge in [0.15, 0.2) is 5.78 Å². The largest absolute Gasteiger partial charge is 0.512 e. The normalized spacial score (nSPS) is 17.8. The number of aryl methyl sites for hydroxylation is 1. The summed E-state index contributed by atoms with van der Waals surface area (Å²) in [7, 11) is 0. The molecule has 0 radical (unpaired) electrons. The molecule has 0 saturated heterocycles. The number of Topliss-reactive ketones (excluding diaryl/α,β-unsaturated/α-hetero) is 1. The summed E-state index contributed by atoms with van der Waals surface area (Å²) in [6.45, 7) is 2.08. The molecule has 130 valence electrons. The molecule has 25 heavy (non-hydrogen) atoms. The van der Waals surface area contributed by atoms with Crippen LogP contribution in [-0.2, 0) is 4.79 Å². The van der Waals surface area contributed by atoms with Crippen LogP contribution in [0.5, 0.6) is 0 Å². The van der Waals surface area contributed by atoms with E-state index in [-0.39, 0.29) is 17.5 Å². The van der Waals surface area contributed by atoms with Gasteiger partial charge in [-0.2, -0.15) is 0 Å². The number of ketones is 1. The van der Waals surface area contributed by atoms with Crippen LogP contribution in [0.1, 0.15) is 30.4 Å². The molecule has 3 rings (SSSR count). The molecule has 0 bridgehead atoms. The molecule has 1 N–H and O–H groups in total. The van der Waals surface area contributed by atoms with Crippen molar-refractivity contribution in [3.8, 4) is 0 Å². The Hall–Kier alpha value is -1.52. The van der Waals surface area contributed by atoms with Crippen molar-refractivity contribution in [1.29, 1.82) is 0 Å². The molecule has 2 aromatic carbocycles. The van der Waals surface area contributed by atoms with Gasteiger partial charge in [0.2, 0.25) is 0 Å². The van der Waals surface area contributed by atoms with Gasteiger partial charge in [-0.05, 0) is 43.2 Å². The molecule has 0 aliphatic heterocycles. The van der Waals surface area contributed by atoms with Crippen molar-refractivity contribution in [2.24, 2.45) is 5.92 Å². The lowest BCUT2D eigenvalue weighted by atomic mass is 9.83. The minimum Gasteiger partial charge on any atom is -0.512 e. The Morgan fingerprint density at radius 2 is 1.84 bits per heavy atom. The van der Waals surface area contributed by atoms with Crippen molar-refractivity contribution >= 4 is 39.0 Å². The maximum absolute atomic E-state index is 12.6. The van der Waals surface area contributed by atoms with E-state index < -0.39 is 0 Å². The van der Waals surface area contributed by atoms with Crippen LogP contribution in [-0.4, -0.2) is 16.6 Å². The summed E-state index contributed by atoms with van der Waals surface area (Å²) in [5.41, 5.74) is 2.53. The smallest absolute Gasteiger partial charge is 0.167 e. The van der Waals surface area contributed by atoms with Gasteiger partial charge in [0.25, 0.3) is 0 Å². The first-order valence-electron chi connectivity index (χ1n) is 8.44. The molecule has 0 spiro atoms. The van der Waals surface area contributed by atoms with Crippen molar-refractivity contribution in [3.63, 3.8) is 0 Å². The van der Waals surface area contributed by atoms with Crippen LogP contribution in [0, 0.1) is 12.8 Å². The third-order valence-corrected chi connectivity index (χ3v) is 6.22.